The van der Waals surface area contributed by atoms with E-state index in [2.05, 4.69) is 17.5 Å². The highest BCUT2D eigenvalue weighted by Gasteiger charge is 2.39. The van der Waals surface area contributed by atoms with E-state index in [9.17, 15) is 9.59 Å². The lowest BCUT2D eigenvalue weighted by molar-refractivity contribution is -0.137. The van der Waals surface area contributed by atoms with Gasteiger partial charge in [0, 0.05) is 12.0 Å². The second kappa shape index (κ2) is 4.28. The Balaban J connectivity index is 1.84. The van der Waals surface area contributed by atoms with Crippen LogP contribution in [-0.4, -0.2) is 23.0 Å². The summed E-state index contributed by atoms with van der Waals surface area (Å²) in [4.78, 5) is 22.4. The first-order valence-corrected chi connectivity index (χ1v) is 5.76. The smallest absolute Gasteiger partial charge is 0.305 e. The summed E-state index contributed by atoms with van der Waals surface area (Å²) in [6, 6.07) is -0.284. The molecular formula is C12H17NO3. The summed E-state index contributed by atoms with van der Waals surface area (Å²) >= 11 is 0. The first-order chi connectivity index (χ1) is 7.56. The topological polar surface area (TPSA) is 66.4 Å². The Labute approximate surface area is 94.7 Å². The molecule has 4 nitrogen and oxygen atoms in total. The average Bonchev–Trinajstić information content (AvgIpc) is 2.76. The minimum absolute atomic E-state index is 0.0115. The number of nitrogens with one attached hydrogen (secondary N) is 1. The van der Waals surface area contributed by atoms with Crippen LogP contribution in [0, 0.1) is 17.8 Å². The van der Waals surface area contributed by atoms with E-state index in [1.54, 1.807) is 6.92 Å². The fourth-order valence-corrected chi connectivity index (χ4v) is 2.75. The number of carboxylic acid groups (broad SMARTS) is 1. The van der Waals surface area contributed by atoms with Crippen LogP contribution in [0.2, 0.25) is 0 Å². The van der Waals surface area contributed by atoms with Crippen molar-refractivity contribution < 1.29 is 14.7 Å². The van der Waals surface area contributed by atoms with E-state index < -0.39 is 5.97 Å². The van der Waals surface area contributed by atoms with Crippen molar-refractivity contribution in [2.75, 3.05) is 0 Å². The molecule has 4 atom stereocenters. The summed E-state index contributed by atoms with van der Waals surface area (Å²) in [7, 11) is 0. The predicted molar refractivity (Wildman–Crippen MR) is 58.7 cm³/mol. The molecule has 2 bridgehead atoms. The maximum atomic E-state index is 11.9. The van der Waals surface area contributed by atoms with Crippen molar-refractivity contribution in [3.8, 4) is 0 Å². The van der Waals surface area contributed by atoms with Gasteiger partial charge in [-0.05, 0) is 31.6 Å². The quantitative estimate of drug-likeness (QED) is 0.703. The zero-order valence-corrected chi connectivity index (χ0v) is 9.35. The molecule has 16 heavy (non-hydrogen) atoms. The molecule has 1 fully saturated rings. The van der Waals surface area contributed by atoms with E-state index in [4.69, 9.17) is 5.11 Å². The Morgan fingerprint density at radius 1 is 1.44 bits per heavy atom. The number of fused-ring (bicyclic) bond motifs is 2. The van der Waals surface area contributed by atoms with Gasteiger partial charge in [0.05, 0.1) is 6.42 Å². The third kappa shape index (κ3) is 2.26. The van der Waals surface area contributed by atoms with Crippen LogP contribution in [0.5, 0.6) is 0 Å². The second-order valence-electron chi connectivity index (χ2n) is 4.89. The van der Waals surface area contributed by atoms with Gasteiger partial charge >= 0.3 is 5.97 Å². The van der Waals surface area contributed by atoms with Gasteiger partial charge in [0.15, 0.2) is 0 Å². The number of hydrogen-bond donors (Lipinski definition) is 2. The van der Waals surface area contributed by atoms with E-state index in [1.807, 2.05) is 0 Å². The van der Waals surface area contributed by atoms with E-state index >= 15 is 0 Å². The van der Waals surface area contributed by atoms with Gasteiger partial charge in [0.2, 0.25) is 5.91 Å². The number of carbonyl (C=O) groups excluding carboxylic acids is 1. The normalized spacial score (nSPS) is 32.7. The van der Waals surface area contributed by atoms with Gasteiger partial charge < -0.3 is 10.4 Å². The highest BCUT2D eigenvalue weighted by molar-refractivity contribution is 5.81. The van der Waals surface area contributed by atoms with E-state index in [1.165, 1.54) is 0 Å². The van der Waals surface area contributed by atoms with Crippen molar-refractivity contribution >= 4 is 11.9 Å². The fraction of sp³-hybridized carbons (Fsp3) is 0.667. The highest BCUT2D eigenvalue weighted by Crippen LogP contribution is 2.43. The summed E-state index contributed by atoms with van der Waals surface area (Å²) in [5.41, 5.74) is 0. The monoisotopic (exact) mass is 223 g/mol. The Hall–Kier alpha value is -1.32. The van der Waals surface area contributed by atoms with Crippen molar-refractivity contribution in [3.05, 3.63) is 12.2 Å². The van der Waals surface area contributed by atoms with Crippen molar-refractivity contribution in [2.24, 2.45) is 17.8 Å². The molecule has 0 aromatic rings. The van der Waals surface area contributed by atoms with Gasteiger partial charge in [-0.25, -0.2) is 0 Å². The molecule has 4 unspecified atom stereocenters. The van der Waals surface area contributed by atoms with Crippen LogP contribution in [0.15, 0.2) is 12.2 Å². The maximum Gasteiger partial charge on any atom is 0.305 e. The van der Waals surface area contributed by atoms with Gasteiger partial charge in [0.1, 0.15) is 0 Å². The lowest BCUT2D eigenvalue weighted by Gasteiger charge is -2.20. The van der Waals surface area contributed by atoms with Crippen LogP contribution in [0.4, 0.5) is 0 Å². The van der Waals surface area contributed by atoms with Crippen molar-refractivity contribution in [1.82, 2.24) is 5.32 Å². The number of aliphatic carboxylic acids is 1. The molecule has 0 aromatic heterocycles. The van der Waals surface area contributed by atoms with E-state index in [0.29, 0.717) is 11.8 Å². The highest BCUT2D eigenvalue weighted by atomic mass is 16.4. The van der Waals surface area contributed by atoms with Crippen LogP contribution in [0.1, 0.15) is 26.2 Å². The molecule has 1 saturated carbocycles. The standard InChI is InChI=1S/C12H17NO3/c1-7(4-11(14)15)13-12(16)10-6-8-2-3-9(10)5-8/h2-3,7-10H,4-6H2,1H3,(H,13,16)(H,14,15). The van der Waals surface area contributed by atoms with Gasteiger partial charge in [0.25, 0.3) is 0 Å². The molecule has 4 heteroatoms. The molecule has 0 aromatic carbocycles. The van der Waals surface area contributed by atoms with Crippen LogP contribution in [0.3, 0.4) is 0 Å². The van der Waals surface area contributed by atoms with E-state index in [-0.39, 0.29) is 24.3 Å². The van der Waals surface area contributed by atoms with Crippen molar-refractivity contribution in [1.29, 1.82) is 0 Å². The number of carbonyl (C=O) groups is 2. The zero-order chi connectivity index (χ0) is 11.7. The van der Waals surface area contributed by atoms with Gasteiger partial charge in [-0.1, -0.05) is 12.2 Å². The maximum absolute atomic E-state index is 11.9. The molecule has 2 N–H and O–H groups in total. The molecule has 1 amide bonds. The van der Waals surface area contributed by atoms with Crippen LogP contribution < -0.4 is 5.32 Å². The Morgan fingerprint density at radius 3 is 2.69 bits per heavy atom. The molecule has 2 aliphatic carbocycles. The molecule has 0 radical (unpaired) electrons. The molecule has 0 heterocycles. The lowest BCUT2D eigenvalue weighted by atomic mass is 9.92. The largest absolute Gasteiger partial charge is 0.481 e. The summed E-state index contributed by atoms with van der Waals surface area (Å²) in [6.45, 7) is 1.73. The third-order valence-electron chi connectivity index (χ3n) is 3.49. The van der Waals surface area contributed by atoms with Crippen LogP contribution in [-0.2, 0) is 9.59 Å². The Bertz CT molecular complexity index is 337. The SMILES string of the molecule is CC(CC(=O)O)NC(=O)C1CC2C=CC1C2. The van der Waals surface area contributed by atoms with E-state index in [0.717, 1.165) is 12.8 Å². The number of rotatable bonds is 4. The average molecular weight is 223 g/mol. The van der Waals surface area contributed by atoms with Gasteiger partial charge in [-0.15, -0.1) is 0 Å². The van der Waals surface area contributed by atoms with Crippen molar-refractivity contribution in [3.63, 3.8) is 0 Å². The molecule has 0 aliphatic heterocycles. The third-order valence-corrected chi connectivity index (χ3v) is 3.49. The minimum Gasteiger partial charge on any atom is -0.481 e. The summed E-state index contributed by atoms with van der Waals surface area (Å²) in [6.07, 6.45) is 6.32. The Kier molecular flexibility index (Phi) is 2.99. The number of carboxylic acids is 1. The predicted octanol–water partition coefficient (Wildman–Crippen LogP) is 1.18. The number of hydrogen-bond acceptors (Lipinski definition) is 2. The van der Waals surface area contributed by atoms with Gasteiger partial charge in [-0.2, -0.15) is 0 Å². The molecule has 88 valence electrons. The molecule has 2 rings (SSSR count). The zero-order valence-electron chi connectivity index (χ0n) is 9.35. The summed E-state index contributed by atoms with van der Waals surface area (Å²) < 4.78 is 0. The number of amides is 1. The molecular weight excluding hydrogens is 206 g/mol. The first-order valence-electron chi connectivity index (χ1n) is 5.76. The van der Waals surface area contributed by atoms with Crippen LogP contribution >= 0.6 is 0 Å². The molecule has 2 aliphatic rings. The molecule has 0 spiro atoms. The lowest BCUT2D eigenvalue weighted by Crippen LogP contribution is -2.39. The van der Waals surface area contributed by atoms with Crippen molar-refractivity contribution in [2.45, 2.75) is 32.2 Å². The van der Waals surface area contributed by atoms with Crippen LogP contribution in [0.25, 0.3) is 0 Å². The molecule has 0 saturated heterocycles. The minimum atomic E-state index is -0.874. The first kappa shape index (κ1) is 11.2. The van der Waals surface area contributed by atoms with Gasteiger partial charge in [-0.3, -0.25) is 9.59 Å². The fourth-order valence-electron chi connectivity index (χ4n) is 2.75. The summed E-state index contributed by atoms with van der Waals surface area (Å²) in [5.74, 6) is 0.148. The Morgan fingerprint density at radius 2 is 2.19 bits per heavy atom. The number of allylic oxidation sites excluding steroid dienone is 2. The second-order valence-corrected chi connectivity index (χ2v) is 4.89. The summed E-state index contributed by atoms with van der Waals surface area (Å²) in [5, 5.41) is 11.4.